The molecular formula is C10H18O2. The quantitative estimate of drug-likeness (QED) is 0.594. The molecule has 0 saturated heterocycles. The third kappa shape index (κ3) is 1.79. The lowest BCUT2D eigenvalue weighted by Gasteiger charge is -2.20. The minimum Gasteiger partial charge on any atom is -0.469 e. The molecule has 0 amide bonds. The highest BCUT2D eigenvalue weighted by molar-refractivity contribution is 5.73. The summed E-state index contributed by atoms with van der Waals surface area (Å²) in [5.74, 6) is 1.33. The van der Waals surface area contributed by atoms with Gasteiger partial charge >= 0.3 is 5.97 Å². The smallest absolute Gasteiger partial charge is 0.308 e. The maximum Gasteiger partial charge on any atom is 0.308 e. The Morgan fingerprint density at radius 3 is 2.58 bits per heavy atom. The van der Waals surface area contributed by atoms with Crippen LogP contribution in [0.15, 0.2) is 0 Å². The van der Waals surface area contributed by atoms with Crippen LogP contribution in [0.25, 0.3) is 0 Å². The van der Waals surface area contributed by atoms with Gasteiger partial charge in [0, 0.05) is 0 Å². The predicted molar refractivity (Wildman–Crippen MR) is 47.7 cm³/mol. The average Bonchev–Trinajstić information content (AvgIpc) is 2.50. The third-order valence-electron chi connectivity index (χ3n) is 2.93. The number of esters is 1. The minimum atomic E-state index is -0.00815. The molecular weight excluding hydrogens is 152 g/mol. The molecule has 0 aliphatic heterocycles. The summed E-state index contributed by atoms with van der Waals surface area (Å²) in [6, 6.07) is 0. The number of ether oxygens (including phenoxy) is 1. The second kappa shape index (κ2) is 3.92. The second-order valence-corrected chi connectivity index (χ2v) is 3.97. The van der Waals surface area contributed by atoms with Gasteiger partial charge in [0.15, 0.2) is 0 Å². The van der Waals surface area contributed by atoms with Crippen molar-refractivity contribution in [3.63, 3.8) is 0 Å². The number of carbonyl (C=O) groups is 1. The fraction of sp³-hybridized carbons (Fsp3) is 0.900. The third-order valence-corrected chi connectivity index (χ3v) is 2.93. The molecule has 2 nitrogen and oxygen atoms in total. The van der Waals surface area contributed by atoms with E-state index in [-0.39, 0.29) is 11.9 Å². The predicted octanol–water partition coefficient (Wildman–Crippen LogP) is 2.23. The SMILES string of the molecule is COC(=O)[C@H]1CCCC1C(C)C. The van der Waals surface area contributed by atoms with Gasteiger partial charge in [-0.25, -0.2) is 0 Å². The molecule has 2 heteroatoms. The molecule has 0 aromatic heterocycles. The van der Waals surface area contributed by atoms with Gasteiger partial charge in [-0.2, -0.15) is 0 Å². The second-order valence-electron chi connectivity index (χ2n) is 3.97. The van der Waals surface area contributed by atoms with Crippen molar-refractivity contribution < 1.29 is 9.53 Å². The highest BCUT2D eigenvalue weighted by atomic mass is 16.5. The van der Waals surface area contributed by atoms with E-state index in [4.69, 9.17) is 4.74 Å². The van der Waals surface area contributed by atoms with Crippen molar-refractivity contribution in [2.75, 3.05) is 7.11 Å². The number of hydrogen-bond donors (Lipinski definition) is 0. The molecule has 1 unspecified atom stereocenters. The Balaban J connectivity index is 2.57. The maximum atomic E-state index is 11.3. The lowest BCUT2D eigenvalue weighted by atomic mass is 9.86. The Morgan fingerprint density at radius 2 is 2.08 bits per heavy atom. The van der Waals surface area contributed by atoms with Crippen LogP contribution in [0.1, 0.15) is 33.1 Å². The topological polar surface area (TPSA) is 26.3 Å². The molecule has 0 radical (unpaired) electrons. The summed E-state index contributed by atoms with van der Waals surface area (Å²) in [5.41, 5.74) is 0. The van der Waals surface area contributed by atoms with Gasteiger partial charge in [-0.1, -0.05) is 20.3 Å². The first kappa shape index (κ1) is 9.56. The van der Waals surface area contributed by atoms with Crippen LogP contribution in [0.5, 0.6) is 0 Å². The lowest BCUT2D eigenvalue weighted by Crippen LogP contribution is -2.23. The van der Waals surface area contributed by atoms with Crippen molar-refractivity contribution >= 4 is 5.97 Å². The first-order valence-electron chi connectivity index (χ1n) is 4.74. The molecule has 2 atom stereocenters. The van der Waals surface area contributed by atoms with E-state index in [1.165, 1.54) is 20.0 Å². The van der Waals surface area contributed by atoms with Gasteiger partial charge in [-0.05, 0) is 24.7 Å². The van der Waals surface area contributed by atoms with Gasteiger partial charge in [0.25, 0.3) is 0 Å². The van der Waals surface area contributed by atoms with E-state index < -0.39 is 0 Å². The zero-order chi connectivity index (χ0) is 9.14. The van der Waals surface area contributed by atoms with Crippen LogP contribution in [0, 0.1) is 17.8 Å². The Kier molecular flexibility index (Phi) is 3.12. The highest BCUT2D eigenvalue weighted by Gasteiger charge is 2.35. The molecule has 1 fully saturated rings. The van der Waals surface area contributed by atoms with Crippen LogP contribution in [0.3, 0.4) is 0 Å². The van der Waals surface area contributed by atoms with E-state index >= 15 is 0 Å². The Labute approximate surface area is 74.3 Å². The normalized spacial score (nSPS) is 29.3. The van der Waals surface area contributed by atoms with E-state index in [0.717, 1.165) is 6.42 Å². The van der Waals surface area contributed by atoms with E-state index in [1.807, 2.05) is 0 Å². The van der Waals surface area contributed by atoms with Crippen molar-refractivity contribution in [3.8, 4) is 0 Å². The largest absolute Gasteiger partial charge is 0.469 e. The summed E-state index contributed by atoms with van der Waals surface area (Å²) >= 11 is 0. The van der Waals surface area contributed by atoms with Gasteiger partial charge in [-0.3, -0.25) is 4.79 Å². The number of carbonyl (C=O) groups excluding carboxylic acids is 1. The molecule has 1 aliphatic rings. The van der Waals surface area contributed by atoms with Crippen LogP contribution in [0.4, 0.5) is 0 Å². The summed E-state index contributed by atoms with van der Waals surface area (Å²) in [5, 5.41) is 0. The molecule has 0 aromatic carbocycles. The van der Waals surface area contributed by atoms with Crippen molar-refractivity contribution in [3.05, 3.63) is 0 Å². The standard InChI is InChI=1S/C10H18O2/c1-7(2)8-5-4-6-9(8)10(11)12-3/h7-9H,4-6H2,1-3H3/t8?,9-/m0/s1. The van der Waals surface area contributed by atoms with Gasteiger partial charge in [0.05, 0.1) is 13.0 Å². The maximum absolute atomic E-state index is 11.3. The van der Waals surface area contributed by atoms with Gasteiger partial charge in [-0.15, -0.1) is 0 Å². The van der Waals surface area contributed by atoms with Crippen LogP contribution < -0.4 is 0 Å². The Bertz CT molecular complexity index is 163. The first-order valence-corrected chi connectivity index (χ1v) is 4.74. The summed E-state index contributed by atoms with van der Waals surface area (Å²) in [4.78, 5) is 11.3. The van der Waals surface area contributed by atoms with Crippen molar-refractivity contribution in [1.29, 1.82) is 0 Å². The van der Waals surface area contributed by atoms with Crippen LogP contribution in [-0.2, 0) is 9.53 Å². The molecule has 0 bridgehead atoms. The fourth-order valence-electron chi connectivity index (χ4n) is 2.23. The van der Waals surface area contributed by atoms with Gasteiger partial charge in [0.1, 0.15) is 0 Å². The molecule has 1 saturated carbocycles. The van der Waals surface area contributed by atoms with Gasteiger partial charge in [0.2, 0.25) is 0 Å². The number of methoxy groups -OCH3 is 1. The lowest BCUT2D eigenvalue weighted by molar-refractivity contribution is -0.147. The molecule has 0 spiro atoms. The monoisotopic (exact) mass is 170 g/mol. The number of rotatable bonds is 2. The Morgan fingerprint density at radius 1 is 1.42 bits per heavy atom. The molecule has 0 aromatic rings. The molecule has 12 heavy (non-hydrogen) atoms. The summed E-state index contributed by atoms with van der Waals surface area (Å²) in [6.07, 6.45) is 3.40. The fourth-order valence-corrected chi connectivity index (χ4v) is 2.23. The molecule has 70 valence electrons. The van der Waals surface area contributed by atoms with E-state index in [1.54, 1.807) is 0 Å². The number of hydrogen-bond acceptors (Lipinski definition) is 2. The zero-order valence-corrected chi connectivity index (χ0v) is 8.17. The first-order chi connectivity index (χ1) is 5.66. The van der Waals surface area contributed by atoms with Crippen molar-refractivity contribution in [2.45, 2.75) is 33.1 Å². The van der Waals surface area contributed by atoms with Crippen LogP contribution in [0.2, 0.25) is 0 Å². The van der Waals surface area contributed by atoms with Crippen molar-refractivity contribution in [2.24, 2.45) is 17.8 Å². The molecule has 0 heterocycles. The summed E-state index contributed by atoms with van der Waals surface area (Å²) in [7, 11) is 1.48. The van der Waals surface area contributed by atoms with E-state index in [9.17, 15) is 4.79 Å². The van der Waals surface area contributed by atoms with Crippen LogP contribution >= 0.6 is 0 Å². The molecule has 1 aliphatic carbocycles. The van der Waals surface area contributed by atoms with Gasteiger partial charge < -0.3 is 4.74 Å². The van der Waals surface area contributed by atoms with Crippen molar-refractivity contribution in [1.82, 2.24) is 0 Å². The minimum absolute atomic E-state index is 0.00815. The zero-order valence-electron chi connectivity index (χ0n) is 8.17. The summed E-state index contributed by atoms with van der Waals surface area (Å²) < 4.78 is 4.78. The van der Waals surface area contributed by atoms with E-state index in [2.05, 4.69) is 13.8 Å². The summed E-state index contributed by atoms with van der Waals surface area (Å²) in [6.45, 7) is 4.37. The Hall–Kier alpha value is -0.530. The van der Waals surface area contributed by atoms with E-state index in [0.29, 0.717) is 11.8 Å². The molecule has 0 N–H and O–H groups in total. The molecule has 1 rings (SSSR count). The average molecular weight is 170 g/mol. The highest BCUT2D eigenvalue weighted by Crippen LogP contribution is 2.37. The van der Waals surface area contributed by atoms with Crippen LogP contribution in [-0.4, -0.2) is 13.1 Å².